The van der Waals surface area contributed by atoms with Crippen LogP contribution in [-0.4, -0.2) is 4.57 Å². The first-order chi connectivity index (χ1) is 12.8. The Hall–Kier alpha value is -1.89. The first-order valence-corrected chi connectivity index (χ1v) is 9.55. The molecule has 1 heterocycles. The smallest absolute Gasteiger partial charge is 0.0998 e. The van der Waals surface area contributed by atoms with E-state index in [0.29, 0.717) is 31.2 Å². The summed E-state index contributed by atoms with van der Waals surface area (Å²) in [6, 6.07) is 14.9. The number of allylic oxidation sites excluding steroid dienone is 1. The molecule has 136 valence electrons. The van der Waals surface area contributed by atoms with Gasteiger partial charge in [0.15, 0.2) is 0 Å². The molecule has 27 heavy (non-hydrogen) atoms. The van der Waals surface area contributed by atoms with Gasteiger partial charge in [-0.05, 0) is 61.4 Å². The summed E-state index contributed by atoms with van der Waals surface area (Å²) < 4.78 is 2.02. The first kappa shape index (κ1) is 19.9. The van der Waals surface area contributed by atoms with E-state index in [-0.39, 0.29) is 0 Å². The summed E-state index contributed by atoms with van der Waals surface area (Å²) >= 11 is 24.6. The number of rotatable bonds is 3. The Morgan fingerprint density at radius 2 is 1.70 bits per heavy atom. The summed E-state index contributed by atoms with van der Waals surface area (Å²) in [5.74, 6) is 0. The number of hydrogen-bond donors (Lipinski definition) is 0. The lowest BCUT2D eigenvalue weighted by atomic mass is 10.0. The second kappa shape index (κ2) is 8.00. The van der Waals surface area contributed by atoms with Gasteiger partial charge in [0.1, 0.15) is 0 Å². The zero-order chi connectivity index (χ0) is 19.7. The molecule has 0 saturated carbocycles. The summed E-state index contributed by atoms with van der Waals surface area (Å²) in [5, 5.41) is 11.5. The van der Waals surface area contributed by atoms with Crippen LogP contribution >= 0.6 is 46.4 Å². The molecule has 0 aliphatic carbocycles. The Balaban J connectivity index is 2.13. The molecule has 0 saturated heterocycles. The number of aryl methyl sites for hydroxylation is 1. The zero-order valence-electron chi connectivity index (χ0n) is 14.5. The highest BCUT2D eigenvalue weighted by Gasteiger charge is 2.14. The van der Waals surface area contributed by atoms with Crippen LogP contribution in [0.5, 0.6) is 0 Å². The van der Waals surface area contributed by atoms with Crippen LogP contribution < -0.4 is 0 Å². The zero-order valence-corrected chi connectivity index (χ0v) is 17.5. The Morgan fingerprint density at radius 3 is 2.37 bits per heavy atom. The first-order valence-electron chi connectivity index (χ1n) is 8.04. The average Bonchev–Trinajstić information content (AvgIpc) is 2.91. The monoisotopic (exact) mass is 434 g/mol. The van der Waals surface area contributed by atoms with Gasteiger partial charge in [0.25, 0.3) is 0 Å². The fourth-order valence-electron chi connectivity index (χ4n) is 2.97. The van der Waals surface area contributed by atoms with Gasteiger partial charge in [0, 0.05) is 11.4 Å². The van der Waals surface area contributed by atoms with Crippen molar-refractivity contribution in [2.45, 2.75) is 13.8 Å². The lowest BCUT2D eigenvalue weighted by molar-refractivity contribution is 0.965. The van der Waals surface area contributed by atoms with E-state index < -0.39 is 0 Å². The van der Waals surface area contributed by atoms with Crippen molar-refractivity contribution < 1.29 is 0 Å². The van der Waals surface area contributed by atoms with Gasteiger partial charge in [-0.2, -0.15) is 5.26 Å². The van der Waals surface area contributed by atoms with Gasteiger partial charge in [-0.3, -0.25) is 0 Å². The van der Waals surface area contributed by atoms with E-state index >= 15 is 0 Å². The van der Waals surface area contributed by atoms with E-state index in [9.17, 15) is 5.26 Å². The number of benzene rings is 2. The van der Waals surface area contributed by atoms with Crippen LogP contribution in [0.2, 0.25) is 20.1 Å². The standard InChI is InChI=1S/C21H14Cl4N2/c1-12-8-15(9-16(11-26)14-6-7-17(22)19(24)10-14)13(2)27(12)20-5-3-4-18(23)21(20)25/h3-10H,1-2H3/b16-9-. The molecular formula is C21H14Cl4N2. The molecule has 6 heteroatoms. The predicted molar refractivity (Wildman–Crippen MR) is 115 cm³/mol. The van der Waals surface area contributed by atoms with Crippen molar-refractivity contribution in [3.05, 3.63) is 85.1 Å². The highest BCUT2D eigenvalue weighted by atomic mass is 35.5. The molecule has 0 N–H and O–H groups in total. The molecule has 3 rings (SSSR count). The second-order valence-electron chi connectivity index (χ2n) is 6.03. The molecule has 0 aliphatic heterocycles. The maximum atomic E-state index is 9.63. The Bertz CT molecular complexity index is 1100. The number of hydrogen-bond acceptors (Lipinski definition) is 1. The normalized spacial score (nSPS) is 11.5. The molecular weight excluding hydrogens is 422 g/mol. The Kier molecular flexibility index (Phi) is 5.89. The molecule has 0 amide bonds. The third-order valence-electron chi connectivity index (χ3n) is 4.29. The summed E-state index contributed by atoms with van der Waals surface area (Å²) in [5.41, 5.74) is 4.83. The summed E-state index contributed by atoms with van der Waals surface area (Å²) in [7, 11) is 0. The third-order valence-corrected chi connectivity index (χ3v) is 5.84. The minimum absolute atomic E-state index is 0.409. The van der Waals surface area contributed by atoms with Crippen molar-refractivity contribution in [2.75, 3.05) is 0 Å². The fourth-order valence-corrected chi connectivity index (χ4v) is 3.65. The average molecular weight is 436 g/mol. The topological polar surface area (TPSA) is 28.7 Å². The summed E-state index contributed by atoms with van der Waals surface area (Å²) in [6.45, 7) is 3.95. The Labute approximate surface area is 178 Å². The number of aromatic nitrogens is 1. The molecule has 0 aliphatic rings. The van der Waals surface area contributed by atoms with Gasteiger partial charge in [0.05, 0.1) is 37.4 Å². The van der Waals surface area contributed by atoms with Crippen molar-refractivity contribution in [3.8, 4) is 11.8 Å². The highest BCUT2D eigenvalue weighted by Crippen LogP contribution is 2.33. The van der Waals surface area contributed by atoms with Crippen LogP contribution in [0.3, 0.4) is 0 Å². The minimum atomic E-state index is 0.409. The molecule has 0 fully saturated rings. The Morgan fingerprint density at radius 1 is 0.963 bits per heavy atom. The van der Waals surface area contributed by atoms with Gasteiger partial charge in [-0.25, -0.2) is 0 Å². The van der Waals surface area contributed by atoms with Crippen LogP contribution in [0, 0.1) is 25.2 Å². The molecule has 0 bridgehead atoms. The van der Waals surface area contributed by atoms with Gasteiger partial charge >= 0.3 is 0 Å². The van der Waals surface area contributed by atoms with Crippen molar-refractivity contribution >= 4 is 58.1 Å². The van der Waals surface area contributed by atoms with Crippen molar-refractivity contribution in [1.82, 2.24) is 4.57 Å². The molecule has 2 aromatic carbocycles. The van der Waals surface area contributed by atoms with E-state index in [1.807, 2.05) is 42.7 Å². The molecule has 1 aromatic heterocycles. The van der Waals surface area contributed by atoms with Gasteiger partial charge in [-0.1, -0.05) is 58.5 Å². The van der Waals surface area contributed by atoms with E-state index in [1.54, 1.807) is 24.3 Å². The molecule has 3 aromatic rings. The summed E-state index contributed by atoms with van der Waals surface area (Å²) in [4.78, 5) is 0. The second-order valence-corrected chi connectivity index (χ2v) is 7.63. The van der Waals surface area contributed by atoms with Crippen LogP contribution in [-0.2, 0) is 0 Å². The van der Waals surface area contributed by atoms with Crippen molar-refractivity contribution in [3.63, 3.8) is 0 Å². The van der Waals surface area contributed by atoms with Crippen molar-refractivity contribution in [1.29, 1.82) is 5.26 Å². The molecule has 0 radical (unpaired) electrons. The molecule has 0 spiro atoms. The third kappa shape index (κ3) is 3.88. The largest absolute Gasteiger partial charge is 0.316 e. The SMILES string of the molecule is Cc1cc(/C=C(/C#N)c2ccc(Cl)c(Cl)c2)c(C)n1-c1cccc(Cl)c1Cl. The van der Waals surface area contributed by atoms with E-state index in [4.69, 9.17) is 46.4 Å². The highest BCUT2D eigenvalue weighted by molar-refractivity contribution is 6.43. The van der Waals surface area contributed by atoms with Gasteiger partial charge in [0.2, 0.25) is 0 Å². The van der Waals surface area contributed by atoms with Crippen LogP contribution in [0.25, 0.3) is 17.3 Å². The van der Waals surface area contributed by atoms with E-state index in [1.165, 1.54) is 0 Å². The lowest BCUT2D eigenvalue weighted by Gasteiger charge is -2.12. The fraction of sp³-hybridized carbons (Fsp3) is 0.0952. The lowest BCUT2D eigenvalue weighted by Crippen LogP contribution is -2.00. The van der Waals surface area contributed by atoms with Gasteiger partial charge < -0.3 is 4.57 Å². The molecule has 0 atom stereocenters. The van der Waals surface area contributed by atoms with Gasteiger partial charge in [-0.15, -0.1) is 0 Å². The number of nitriles is 1. The molecule has 2 nitrogen and oxygen atoms in total. The van der Waals surface area contributed by atoms with Crippen LogP contribution in [0.1, 0.15) is 22.5 Å². The summed E-state index contributed by atoms with van der Waals surface area (Å²) in [6.07, 6.45) is 1.83. The maximum Gasteiger partial charge on any atom is 0.0998 e. The number of halogens is 4. The predicted octanol–water partition coefficient (Wildman–Crippen LogP) is 7.77. The number of nitrogens with zero attached hydrogens (tertiary/aromatic N) is 2. The van der Waals surface area contributed by atoms with E-state index in [0.717, 1.165) is 22.6 Å². The van der Waals surface area contributed by atoms with Crippen LogP contribution in [0.15, 0.2) is 42.5 Å². The van der Waals surface area contributed by atoms with Crippen LogP contribution in [0.4, 0.5) is 0 Å². The van der Waals surface area contributed by atoms with E-state index in [2.05, 4.69) is 6.07 Å². The van der Waals surface area contributed by atoms with Crippen molar-refractivity contribution in [2.24, 2.45) is 0 Å². The minimum Gasteiger partial charge on any atom is -0.316 e. The molecule has 0 unspecified atom stereocenters. The maximum absolute atomic E-state index is 9.63. The quantitative estimate of drug-likeness (QED) is 0.386.